The fourth-order valence-electron chi connectivity index (χ4n) is 7.23. The number of hydrogen-bond acceptors (Lipinski definition) is 4. The molecule has 5 aromatic carbocycles. The van der Waals surface area contributed by atoms with Crippen molar-refractivity contribution < 1.29 is 8.85 Å². The maximum atomic E-state index is 8.21. The summed E-state index contributed by atoms with van der Waals surface area (Å²) in [6.07, 6.45) is 1.98. The molecule has 236 valence electrons. The fraction of sp³-hybridized carbons (Fsp3) is 0.167. The van der Waals surface area contributed by atoms with E-state index in [1.165, 1.54) is 15.8 Å². The van der Waals surface area contributed by atoms with Gasteiger partial charge < -0.3 is 19.1 Å². The minimum atomic E-state index is -2.27. The summed E-state index contributed by atoms with van der Waals surface area (Å²) in [6, 6.07) is 39.2. The zero-order valence-corrected chi connectivity index (χ0v) is 27.4. The second-order valence-corrected chi connectivity index (χ2v) is 13.7. The Kier molecular flexibility index (Phi) is 5.48. The molecule has 4 heterocycles. The summed E-state index contributed by atoms with van der Waals surface area (Å²) in [5.41, 5.74) is 7.67. The van der Waals surface area contributed by atoms with Gasteiger partial charge in [-0.1, -0.05) is 69.3 Å². The van der Waals surface area contributed by atoms with Gasteiger partial charge in [-0.15, -0.1) is 0 Å². The molecule has 0 N–H and O–H groups in total. The summed E-state index contributed by atoms with van der Waals surface area (Å²) in [4.78, 5) is 8.55. The van der Waals surface area contributed by atoms with Crippen molar-refractivity contribution >= 4 is 60.7 Å². The average molecular weight is 631 g/mol. The van der Waals surface area contributed by atoms with E-state index < -0.39 is 6.98 Å². The SMILES string of the molecule is [2H]C([2H])([2H])N1CN(c2cc(Oc3ccc4c5ccccc5n(-c5cc6c(cn5)c5ccccc5n6C)c4c3)cc(C(C)(C)C)c2)c2ccccc21. The third kappa shape index (κ3) is 4.36. The molecule has 1 aliphatic rings. The van der Waals surface area contributed by atoms with E-state index >= 15 is 0 Å². The molecule has 0 atom stereocenters. The van der Waals surface area contributed by atoms with E-state index in [1.54, 1.807) is 0 Å². The predicted octanol–water partition coefficient (Wildman–Crippen LogP) is 10.5. The van der Waals surface area contributed by atoms with E-state index in [9.17, 15) is 0 Å². The van der Waals surface area contributed by atoms with Crippen LogP contribution in [0.25, 0.3) is 49.4 Å². The number of anilines is 3. The van der Waals surface area contributed by atoms with Crippen molar-refractivity contribution in [3.63, 3.8) is 0 Å². The molecule has 0 amide bonds. The van der Waals surface area contributed by atoms with E-state index in [4.69, 9.17) is 13.8 Å². The molecular formula is C42H37N5O. The Morgan fingerprint density at radius 2 is 1.38 bits per heavy atom. The van der Waals surface area contributed by atoms with Crippen LogP contribution in [0.2, 0.25) is 0 Å². The Bertz CT molecular complexity index is 2660. The lowest BCUT2D eigenvalue weighted by Gasteiger charge is -2.25. The smallest absolute Gasteiger partial charge is 0.139 e. The Morgan fingerprint density at radius 3 is 2.17 bits per heavy atom. The molecule has 48 heavy (non-hydrogen) atoms. The number of aryl methyl sites for hydroxylation is 1. The highest BCUT2D eigenvalue weighted by molar-refractivity contribution is 6.11. The van der Waals surface area contributed by atoms with Gasteiger partial charge in [0.1, 0.15) is 17.3 Å². The highest BCUT2D eigenvalue weighted by Gasteiger charge is 2.26. The first-order chi connectivity index (χ1) is 24.5. The summed E-state index contributed by atoms with van der Waals surface area (Å²) in [5.74, 6) is 2.21. The van der Waals surface area contributed by atoms with E-state index in [1.807, 2.05) is 42.6 Å². The van der Waals surface area contributed by atoms with Gasteiger partial charge in [0.15, 0.2) is 0 Å². The van der Waals surface area contributed by atoms with Crippen molar-refractivity contribution in [2.24, 2.45) is 7.05 Å². The van der Waals surface area contributed by atoms with Gasteiger partial charge in [0.05, 0.1) is 34.6 Å². The van der Waals surface area contributed by atoms with Gasteiger partial charge in [-0.25, -0.2) is 4.98 Å². The standard InChI is InChI=1S/C42H37N5O/c1-42(2,3)27-20-28(46-26-44(4)37-16-10-11-17-38(37)46)22-30(21-27)48-29-18-19-33-31-12-7-9-15-36(31)47(40(33)23-29)41-24-39-34(25-43-41)32-13-6-8-14-35(32)45(39)5/h6-25H,26H2,1-5H3/i4D3. The van der Waals surface area contributed by atoms with Crippen LogP contribution in [0.15, 0.2) is 121 Å². The molecule has 0 saturated heterocycles. The van der Waals surface area contributed by atoms with Crippen molar-refractivity contribution in [1.29, 1.82) is 0 Å². The van der Waals surface area contributed by atoms with Gasteiger partial charge in [-0.05, 0) is 59.5 Å². The first-order valence-electron chi connectivity index (χ1n) is 17.8. The number of hydrogen-bond donors (Lipinski definition) is 0. The second-order valence-electron chi connectivity index (χ2n) is 13.7. The third-order valence-corrected chi connectivity index (χ3v) is 9.71. The number of fused-ring (bicyclic) bond motifs is 7. The summed E-state index contributed by atoms with van der Waals surface area (Å²) in [7, 11) is 2.10. The minimum absolute atomic E-state index is 0.181. The maximum absolute atomic E-state index is 8.21. The number of aromatic nitrogens is 3. The second kappa shape index (κ2) is 10.4. The first-order valence-corrected chi connectivity index (χ1v) is 16.3. The van der Waals surface area contributed by atoms with Crippen molar-refractivity contribution in [3.8, 4) is 17.3 Å². The maximum Gasteiger partial charge on any atom is 0.139 e. The van der Waals surface area contributed by atoms with Gasteiger partial charge in [-0.2, -0.15) is 0 Å². The topological polar surface area (TPSA) is 38.5 Å². The molecule has 1 aliphatic heterocycles. The van der Waals surface area contributed by atoms with Crippen molar-refractivity contribution in [3.05, 3.63) is 127 Å². The zero-order valence-electron chi connectivity index (χ0n) is 30.4. The molecule has 0 aliphatic carbocycles. The monoisotopic (exact) mass is 630 g/mol. The Labute approximate surface area is 284 Å². The molecular weight excluding hydrogens is 590 g/mol. The molecule has 8 aromatic rings. The van der Waals surface area contributed by atoms with E-state index in [2.05, 4.69) is 121 Å². The van der Waals surface area contributed by atoms with E-state index in [0.717, 1.165) is 55.5 Å². The molecule has 0 spiro atoms. The quantitative estimate of drug-likeness (QED) is 0.194. The highest BCUT2D eigenvalue weighted by Crippen LogP contribution is 2.43. The summed E-state index contributed by atoms with van der Waals surface area (Å²) in [5, 5.41) is 4.56. The molecule has 3 aromatic heterocycles. The van der Waals surface area contributed by atoms with Crippen LogP contribution in [0.4, 0.5) is 17.1 Å². The molecule has 9 rings (SSSR count). The molecule has 0 saturated carbocycles. The number of ether oxygens (including phenoxy) is 1. The lowest BCUT2D eigenvalue weighted by atomic mass is 9.86. The van der Waals surface area contributed by atoms with Crippen LogP contribution < -0.4 is 14.5 Å². The molecule has 6 heteroatoms. The molecule has 6 nitrogen and oxygen atoms in total. The van der Waals surface area contributed by atoms with Gasteiger partial charge in [-0.3, -0.25) is 4.57 Å². The normalized spacial score (nSPS) is 14.5. The van der Waals surface area contributed by atoms with E-state index in [0.29, 0.717) is 17.2 Å². The molecule has 0 fully saturated rings. The Balaban J connectivity index is 1.17. The van der Waals surface area contributed by atoms with Gasteiger partial charge in [0.25, 0.3) is 0 Å². The molecule has 0 unspecified atom stereocenters. The summed E-state index contributed by atoms with van der Waals surface area (Å²) in [6.45, 7) is 4.46. The minimum Gasteiger partial charge on any atom is -0.457 e. The van der Waals surface area contributed by atoms with Gasteiger partial charge in [0, 0.05) is 75.3 Å². The predicted molar refractivity (Wildman–Crippen MR) is 200 cm³/mol. The van der Waals surface area contributed by atoms with Crippen molar-refractivity contribution in [2.75, 3.05) is 23.4 Å². The van der Waals surface area contributed by atoms with Crippen LogP contribution >= 0.6 is 0 Å². The first kappa shape index (κ1) is 25.4. The number of para-hydroxylation sites is 4. The number of nitrogens with zero attached hydrogens (tertiary/aromatic N) is 5. The highest BCUT2D eigenvalue weighted by atomic mass is 16.5. The van der Waals surface area contributed by atoms with Crippen molar-refractivity contribution in [2.45, 2.75) is 26.2 Å². The summed E-state index contributed by atoms with van der Waals surface area (Å²) < 4.78 is 35.8. The number of benzene rings is 5. The molecule has 0 radical (unpaired) electrons. The van der Waals surface area contributed by atoms with E-state index in [-0.39, 0.29) is 12.1 Å². The number of rotatable bonds is 4. The average Bonchev–Trinajstić information content (AvgIpc) is 3.76. The lowest BCUT2D eigenvalue weighted by molar-refractivity contribution is 0.479. The van der Waals surface area contributed by atoms with Crippen LogP contribution in [-0.2, 0) is 12.5 Å². The van der Waals surface area contributed by atoms with Crippen LogP contribution in [0.1, 0.15) is 30.4 Å². The van der Waals surface area contributed by atoms with Crippen molar-refractivity contribution in [1.82, 2.24) is 14.1 Å². The third-order valence-electron chi connectivity index (χ3n) is 9.71. The van der Waals surface area contributed by atoms with Crippen LogP contribution in [0.3, 0.4) is 0 Å². The largest absolute Gasteiger partial charge is 0.457 e. The zero-order chi connectivity index (χ0) is 35.2. The van der Waals surface area contributed by atoms with Crippen LogP contribution in [0, 0.1) is 0 Å². The van der Waals surface area contributed by atoms with Crippen LogP contribution in [0.5, 0.6) is 11.5 Å². The molecule has 0 bridgehead atoms. The van der Waals surface area contributed by atoms with Crippen LogP contribution in [-0.4, -0.2) is 27.8 Å². The Hall–Kier alpha value is -5.75. The van der Waals surface area contributed by atoms with Gasteiger partial charge >= 0.3 is 0 Å². The fourth-order valence-corrected chi connectivity index (χ4v) is 7.23. The number of pyridine rings is 1. The Morgan fingerprint density at radius 1 is 0.667 bits per heavy atom. The summed E-state index contributed by atoms with van der Waals surface area (Å²) >= 11 is 0. The lowest BCUT2D eigenvalue weighted by Crippen LogP contribution is -2.24. The van der Waals surface area contributed by atoms with Gasteiger partial charge in [0.2, 0.25) is 0 Å².